The van der Waals surface area contributed by atoms with E-state index < -0.39 is 0 Å². The molecule has 0 unspecified atom stereocenters. The lowest BCUT2D eigenvalue weighted by molar-refractivity contribution is 0.265. The molecule has 2 atom stereocenters. The highest BCUT2D eigenvalue weighted by Crippen LogP contribution is 2.27. The van der Waals surface area contributed by atoms with Gasteiger partial charge < -0.3 is 15.0 Å². The molecule has 1 N–H and O–H groups in total. The zero-order valence-electron chi connectivity index (χ0n) is 11.0. The van der Waals surface area contributed by atoms with Crippen LogP contribution in [-0.2, 0) is 0 Å². The second-order valence-corrected chi connectivity index (χ2v) is 5.37. The van der Waals surface area contributed by atoms with Gasteiger partial charge in [0, 0.05) is 24.9 Å². The molecule has 4 heteroatoms. The summed E-state index contributed by atoms with van der Waals surface area (Å²) < 4.78 is 0. The fourth-order valence-corrected chi connectivity index (χ4v) is 2.65. The maximum absolute atomic E-state index is 9.21. The van der Waals surface area contributed by atoms with Crippen molar-refractivity contribution in [1.82, 2.24) is 9.80 Å². The number of rotatable bonds is 4. The van der Waals surface area contributed by atoms with Crippen molar-refractivity contribution in [2.24, 2.45) is 17.0 Å². The molecule has 1 rings (SSSR count). The Morgan fingerprint density at radius 3 is 1.81 bits per heavy atom. The van der Waals surface area contributed by atoms with E-state index in [4.69, 9.17) is 0 Å². The summed E-state index contributed by atoms with van der Waals surface area (Å²) in [6, 6.07) is 0. The summed E-state index contributed by atoms with van der Waals surface area (Å²) in [5, 5.41) is 12.8. The van der Waals surface area contributed by atoms with E-state index in [0.717, 1.165) is 31.6 Å². The molecule has 0 bridgehead atoms. The molecule has 0 amide bonds. The van der Waals surface area contributed by atoms with E-state index in [9.17, 15) is 5.21 Å². The summed E-state index contributed by atoms with van der Waals surface area (Å²) in [6.45, 7) is 1.98. The maximum Gasteiger partial charge on any atom is 0.0657 e. The predicted octanol–water partition coefficient (Wildman–Crippen LogP) is 1.36. The van der Waals surface area contributed by atoms with Crippen LogP contribution in [0.5, 0.6) is 0 Å². The molecule has 0 aromatic heterocycles. The Morgan fingerprint density at radius 1 is 1.06 bits per heavy atom. The number of hydrogen-bond acceptors (Lipinski definition) is 4. The Morgan fingerprint density at radius 2 is 1.50 bits per heavy atom. The highest BCUT2D eigenvalue weighted by atomic mass is 16.4. The summed E-state index contributed by atoms with van der Waals surface area (Å²) in [5.41, 5.74) is 1.01. The molecular formula is C12H25N3O. The van der Waals surface area contributed by atoms with Gasteiger partial charge in [0.2, 0.25) is 0 Å². The van der Waals surface area contributed by atoms with E-state index in [0.29, 0.717) is 11.8 Å². The standard InChI is InChI=1S/C12H25N3O/c1-14(2)8-10-6-5-7-11(9-15(3)4)12(10)13-16/h10-11,16H,5-9H2,1-4H3/t10-,11-/m0/s1. The van der Waals surface area contributed by atoms with Crippen molar-refractivity contribution in [3.8, 4) is 0 Å². The van der Waals surface area contributed by atoms with Gasteiger partial charge in [0.15, 0.2) is 0 Å². The first-order valence-corrected chi connectivity index (χ1v) is 6.06. The minimum atomic E-state index is 0.429. The summed E-state index contributed by atoms with van der Waals surface area (Å²) in [7, 11) is 8.30. The molecule has 0 aliphatic heterocycles. The SMILES string of the molecule is CN(C)C[C@@H]1CCC[C@@H](CN(C)C)C1=NO. The fraction of sp³-hybridized carbons (Fsp3) is 0.917. The molecule has 0 radical (unpaired) electrons. The lowest BCUT2D eigenvalue weighted by Gasteiger charge is -2.33. The highest BCUT2D eigenvalue weighted by Gasteiger charge is 2.30. The topological polar surface area (TPSA) is 39.1 Å². The van der Waals surface area contributed by atoms with Gasteiger partial charge in [-0.15, -0.1) is 0 Å². The Kier molecular flexibility index (Phi) is 5.22. The quantitative estimate of drug-likeness (QED) is 0.582. The normalized spacial score (nSPS) is 26.5. The van der Waals surface area contributed by atoms with Crippen molar-refractivity contribution in [2.45, 2.75) is 19.3 Å². The van der Waals surface area contributed by atoms with Crippen molar-refractivity contribution >= 4 is 5.71 Å². The molecular weight excluding hydrogens is 202 g/mol. The maximum atomic E-state index is 9.21. The van der Waals surface area contributed by atoms with Gasteiger partial charge in [-0.2, -0.15) is 0 Å². The van der Waals surface area contributed by atoms with Gasteiger partial charge in [0.25, 0.3) is 0 Å². The average molecular weight is 227 g/mol. The van der Waals surface area contributed by atoms with Crippen LogP contribution < -0.4 is 0 Å². The molecule has 0 spiro atoms. The molecule has 0 aromatic carbocycles. The fourth-order valence-electron chi connectivity index (χ4n) is 2.65. The Hall–Kier alpha value is -0.610. The van der Waals surface area contributed by atoms with Crippen LogP contribution >= 0.6 is 0 Å². The van der Waals surface area contributed by atoms with E-state index in [2.05, 4.69) is 43.1 Å². The molecule has 1 saturated carbocycles. The van der Waals surface area contributed by atoms with Crippen LogP contribution in [0, 0.1) is 11.8 Å². The zero-order valence-corrected chi connectivity index (χ0v) is 11.0. The Balaban J connectivity index is 2.66. The van der Waals surface area contributed by atoms with Gasteiger partial charge >= 0.3 is 0 Å². The molecule has 1 aliphatic carbocycles. The summed E-state index contributed by atoms with van der Waals surface area (Å²) >= 11 is 0. The lowest BCUT2D eigenvalue weighted by atomic mass is 9.79. The van der Waals surface area contributed by atoms with Crippen molar-refractivity contribution < 1.29 is 5.21 Å². The summed E-state index contributed by atoms with van der Waals surface area (Å²) in [6.07, 6.45) is 3.55. The first-order valence-electron chi connectivity index (χ1n) is 6.06. The van der Waals surface area contributed by atoms with Crippen LogP contribution in [-0.4, -0.2) is 62.0 Å². The minimum Gasteiger partial charge on any atom is -0.411 e. The molecule has 4 nitrogen and oxygen atoms in total. The summed E-state index contributed by atoms with van der Waals surface area (Å²) in [4.78, 5) is 4.35. The average Bonchev–Trinajstić information content (AvgIpc) is 2.16. The molecule has 0 heterocycles. The first-order chi connectivity index (χ1) is 7.54. The molecule has 0 aromatic rings. The van der Waals surface area contributed by atoms with Crippen LogP contribution in [0.4, 0.5) is 0 Å². The molecule has 16 heavy (non-hydrogen) atoms. The van der Waals surface area contributed by atoms with Crippen molar-refractivity contribution in [3.05, 3.63) is 0 Å². The summed E-state index contributed by atoms with van der Waals surface area (Å²) in [5.74, 6) is 0.859. The molecule has 1 fully saturated rings. The second kappa shape index (κ2) is 6.21. The van der Waals surface area contributed by atoms with Crippen LogP contribution in [0.3, 0.4) is 0 Å². The van der Waals surface area contributed by atoms with E-state index in [1.807, 2.05) is 0 Å². The van der Waals surface area contributed by atoms with Gasteiger partial charge in [0.05, 0.1) is 5.71 Å². The number of oxime groups is 1. The minimum absolute atomic E-state index is 0.429. The molecule has 0 saturated heterocycles. The highest BCUT2D eigenvalue weighted by molar-refractivity contribution is 5.89. The van der Waals surface area contributed by atoms with Gasteiger partial charge in [-0.1, -0.05) is 11.6 Å². The van der Waals surface area contributed by atoms with E-state index in [-0.39, 0.29) is 0 Å². The third kappa shape index (κ3) is 3.76. The monoisotopic (exact) mass is 227 g/mol. The van der Waals surface area contributed by atoms with Crippen LogP contribution in [0.2, 0.25) is 0 Å². The molecule has 94 valence electrons. The van der Waals surface area contributed by atoms with Crippen molar-refractivity contribution in [1.29, 1.82) is 0 Å². The van der Waals surface area contributed by atoms with Gasteiger partial charge in [-0.25, -0.2) is 0 Å². The van der Waals surface area contributed by atoms with Gasteiger partial charge in [-0.3, -0.25) is 0 Å². The van der Waals surface area contributed by atoms with Crippen molar-refractivity contribution in [2.75, 3.05) is 41.3 Å². The smallest absolute Gasteiger partial charge is 0.0657 e. The first kappa shape index (κ1) is 13.5. The molecule has 1 aliphatic rings. The largest absolute Gasteiger partial charge is 0.411 e. The van der Waals surface area contributed by atoms with Crippen molar-refractivity contribution in [3.63, 3.8) is 0 Å². The second-order valence-electron chi connectivity index (χ2n) is 5.37. The Bertz CT molecular complexity index is 218. The Labute approximate surface area is 98.9 Å². The third-order valence-electron chi connectivity index (χ3n) is 3.23. The van der Waals surface area contributed by atoms with Gasteiger partial charge in [0.1, 0.15) is 0 Å². The van der Waals surface area contributed by atoms with E-state index >= 15 is 0 Å². The lowest BCUT2D eigenvalue weighted by Crippen LogP contribution is -2.39. The zero-order chi connectivity index (χ0) is 12.1. The van der Waals surface area contributed by atoms with Gasteiger partial charge in [-0.05, 0) is 41.0 Å². The number of nitrogens with zero attached hydrogens (tertiary/aromatic N) is 3. The van der Waals surface area contributed by atoms with Crippen LogP contribution in [0.1, 0.15) is 19.3 Å². The van der Waals surface area contributed by atoms with E-state index in [1.165, 1.54) is 6.42 Å². The van der Waals surface area contributed by atoms with Crippen LogP contribution in [0.25, 0.3) is 0 Å². The van der Waals surface area contributed by atoms with Crippen LogP contribution in [0.15, 0.2) is 5.16 Å². The number of hydrogen-bond donors (Lipinski definition) is 1. The third-order valence-corrected chi connectivity index (χ3v) is 3.23. The predicted molar refractivity (Wildman–Crippen MR) is 67.2 cm³/mol. The van der Waals surface area contributed by atoms with E-state index in [1.54, 1.807) is 0 Å².